The van der Waals surface area contributed by atoms with Gasteiger partial charge >= 0.3 is 0 Å². The molecule has 0 saturated heterocycles. The SMILES string of the molecule is N=c1ccn(-c2ccncn2)cc1. The van der Waals surface area contributed by atoms with Crippen LogP contribution in [0.15, 0.2) is 43.1 Å². The first kappa shape index (κ1) is 7.67. The molecule has 4 nitrogen and oxygen atoms in total. The van der Waals surface area contributed by atoms with Crippen LogP contribution in [0.25, 0.3) is 5.82 Å². The van der Waals surface area contributed by atoms with Gasteiger partial charge in [0.05, 0.1) is 5.36 Å². The largest absolute Gasteiger partial charge is 0.308 e. The second-order valence-corrected chi connectivity index (χ2v) is 2.56. The van der Waals surface area contributed by atoms with Gasteiger partial charge in [-0.2, -0.15) is 0 Å². The molecule has 0 atom stereocenters. The van der Waals surface area contributed by atoms with E-state index in [1.54, 1.807) is 30.7 Å². The lowest BCUT2D eigenvalue weighted by Gasteiger charge is -2.02. The molecule has 0 aliphatic carbocycles. The van der Waals surface area contributed by atoms with Crippen LogP contribution in [0.3, 0.4) is 0 Å². The van der Waals surface area contributed by atoms with Crippen molar-refractivity contribution in [3.63, 3.8) is 0 Å². The molecule has 0 aliphatic heterocycles. The molecule has 0 radical (unpaired) electrons. The highest BCUT2D eigenvalue weighted by Gasteiger charge is 1.91. The molecule has 0 spiro atoms. The molecule has 2 aromatic heterocycles. The summed E-state index contributed by atoms with van der Waals surface area (Å²) in [6, 6.07) is 5.23. The van der Waals surface area contributed by atoms with Gasteiger partial charge in [0.2, 0.25) is 0 Å². The average Bonchev–Trinajstić information content (AvgIpc) is 2.20. The second-order valence-electron chi connectivity index (χ2n) is 2.56. The third kappa shape index (κ3) is 1.61. The predicted octanol–water partition coefficient (Wildman–Crippen LogP) is 0.747. The van der Waals surface area contributed by atoms with Crippen LogP contribution in [0.2, 0.25) is 0 Å². The van der Waals surface area contributed by atoms with E-state index < -0.39 is 0 Å². The molecule has 0 amide bonds. The topological polar surface area (TPSA) is 54.6 Å². The van der Waals surface area contributed by atoms with Crippen molar-refractivity contribution in [3.8, 4) is 5.82 Å². The average molecular weight is 172 g/mol. The van der Waals surface area contributed by atoms with Crippen molar-refractivity contribution in [2.24, 2.45) is 0 Å². The zero-order chi connectivity index (χ0) is 9.10. The molecule has 0 fully saturated rings. The molecule has 4 heteroatoms. The lowest BCUT2D eigenvalue weighted by atomic mass is 10.4. The van der Waals surface area contributed by atoms with E-state index in [9.17, 15) is 0 Å². The summed E-state index contributed by atoms with van der Waals surface area (Å²) < 4.78 is 1.83. The highest BCUT2D eigenvalue weighted by Crippen LogP contribution is 1.98. The first-order valence-corrected chi connectivity index (χ1v) is 3.85. The van der Waals surface area contributed by atoms with E-state index in [4.69, 9.17) is 5.41 Å². The first-order chi connectivity index (χ1) is 6.36. The molecule has 13 heavy (non-hydrogen) atoms. The van der Waals surface area contributed by atoms with Gasteiger partial charge in [0.1, 0.15) is 12.1 Å². The molecular weight excluding hydrogens is 164 g/mol. The highest BCUT2D eigenvalue weighted by molar-refractivity contribution is 5.19. The summed E-state index contributed by atoms with van der Waals surface area (Å²) in [5.41, 5.74) is 0. The Labute approximate surface area is 75.0 Å². The zero-order valence-electron chi connectivity index (χ0n) is 6.88. The van der Waals surface area contributed by atoms with Crippen LogP contribution >= 0.6 is 0 Å². The zero-order valence-corrected chi connectivity index (χ0v) is 6.88. The lowest BCUT2D eigenvalue weighted by Crippen LogP contribution is -2.03. The Bertz CT molecular complexity index is 426. The molecule has 0 unspecified atom stereocenters. The van der Waals surface area contributed by atoms with Gasteiger partial charge in [0.15, 0.2) is 0 Å². The third-order valence-electron chi connectivity index (χ3n) is 1.66. The van der Waals surface area contributed by atoms with Gasteiger partial charge in [0.25, 0.3) is 0 Å². The van der Waals surface area contributed by atoms with E-state index in [0.29, 0.717) is 5.36 Å². The molecule has 1 N–H and O–H groups in total. The Hall–Kier alpha value is -1.97. The quantitative estimate of drug-likeness (QED) is 0.690. The summed E-state index contributed by atoms with van der Waals surface area (Å²) in [6.45, 7) is 0. The summed E-state index contributed by atoms with van der Waals surface area (Å²) in [5, 5.41) is 7.80. The standard InChI is InChI=1S/C9H8N4/c10-8-2-5-13(6-3-8)9-1-4-11-7-12-9/h1-7,10H. The number of hydrogen-bond acceptors (Lipinski definition) is 3. The van der Waals surface area contributed by atoms with Crippen molar-refractivity contribution >= 4 is 0 Å². The molecule has 0 aliphatic rings. The van der Waals surface area contributed by atoms with Gasteiger partial charge in [-0.1, -0.05) is 0 Å². The van der Waals surface area contributed by atoms with E-state index in [2.05, 4.69) is 9.97 Å². The van der Waals surface area contributed by atoms with Gasteiger partial charge in [0, 0.05) is 18.6 Å². The summed E-state index contributed by atoms with van der Waals surface area (Å²) in [7, 11) is 0. The fourth-order valence-electron chi connectivity index (χ4n) is 1.02. The van der Waals surface area contributed by atoms with Gasteiger partial charge < -0.3 is 9.98 Å². The van der Waals surface area contributed by atoms with E-state index in [1.165, 1.54) is 6.33 Å². The minimum absolute atomic E-state index is 0.491. The molecule has 0 saturated carbocycles. The van der Waals surface area contributed by atoms with E-state index in [-0.39, 0.29) is 0 Å². The maximum absolute atomic E-state index is 7.31. The normalized spacial score (nSPS) is 9.85. The number of pyridine rings is 1. The highest BCUT2D eigenvalue weighted by atomic mass is 15.0. The molecular formula is C9H8N4. The number of nitrogens with one attached hydrogen (secondary N) is 1. The van der Waals surface area contributed by atoms with Gasteiger partial charge in [-0.05, 0) is 18.2 Å². The summed E-state index contributed by atoms with van der Waals surface area (Å²) in [5.74, 6) is 0.801. The van der Waals surface area contributed by atoms with Crippen LogP contribution in [0.1, 0.15) is 0 Å². The van der Waals surface area contributed by atoms with Crippen LogP contribution in [0.5, 0.6) is 0 Å². The third-order valence-corrected chi connectivity index (χ3v) is 1.66. The van der Waals surface area contributed by atoms with Crippen LogP contribution < -0.4 is 5.36 Å². The van der Waals surface area contributed by atoms with Crippen LogP contribution in [-0.4, -0.2) is 14.5 Å². The monoisotopic (exact) mass is 172 g/mol. The second kappa shape index (κ2) is 3.18. The van der Waals surface area contributed by atoms with Gasteiger partial charge in [-0.25, -0.2) is 9.97 Å². The molecule has 2 heterocycles. The number of hydrogen-bond donors (Lipinski definition) is 1. The molecule has 2 rings (SSSR count). The minimum Gasteiger partial charge on any atom is -0.308 e. The van der Waals surface area contributed by atoms with Crippen molar-refractivity contribution in [2.45, 2.75) is 0 Å². The van der Waals surface area contributed by atoms with Crippen LogP contribution in [-0.2, 0) is 0 Å². The fourth-order valence-corrected chi connectivity index (χ4v) is 1.02. The van der Waals surface area contributed by atoms with E-state index in [0.717, 1.165) is 5.82 Å². The van der Waals surface area contributed by atoms with Crippen molar-refractivity contribution < 1.29 is 0 Å². The summed E-state index contributed by atoms with van der Waals surface area (Å²) >= 11 is 0. The molecule has 64 valence electrons. The van der Waals surface area contributed by atoms with Crippen molar-refractivity contribution in [3.05, 3.63) is 48.5 Å². The number of rotatable bonds is 1. The van der Waals surface area contributed by atoms with E-state index in [1.807, 2.05) is 10.6 Å². The van der Waals surface area contributed by atoms with E-state index >= 15 is 0 Å². The Kier molecular flexibility index (Phi) is 1.88. The molecule has 0 bridgehead atoms. The Morgan fingerprint density at radius 3 is 2.54 bits per heavy atom. The van der Waals surface area contributed by atoms with Gasteiger partial charge in [-0.3, -0.25) is 0 Å². The summed E-state index contributed by atoms with van der Waals surface area (Å²) in [6.07, 6.45) is 6.77. The lowest BCUT2D eigenvalue weighted by molar-refractivity contribution is 0.954. The first-order valence-electron chi connectivity index (χ1n) is 3.85. The van der Waals surface area contributed by atoms with Crippen molar-refractivity contribution in [1.82, 2.24) is 14.5 Å². The van der Waals surface area contributed by atoms with Crippen LogP contribution in [0.4, 0.5) is 0 Å². The van der Waals surface area contributed by atoms with Crippen molar-refractivity contribution in [2.75, 3.05) is 0 Å². The Morgan fingerprint density at radius 1 is 1.15 bits per heavy atom. The molecule has 2 aromatic rings. The maximum Gasteiger partial charge on any atom is 0.139 e. The van der Waals surface area contributed by atoms with Crippen molar-refractivity contribution in [1.29, 1.82) is 5.41 Å². The Balaban J connectivity index is 2.48. The van der Waals surface area contributed by atoms with Gasteiger partial charge in [-0.15, -0.1) is 0 Å². The summed E-state index contributed by atoms with van der Waals surface area (Å²) in [4.78, 5) is 7.90. The fraction of sp³-hybridized carbons (Fsp3) is 0. The number of aromatic nitrogens is 3. The minimum atomic E-state index is 0.491. The number of nitrogens with zero attached hydrogens (tertiary/aromatic N) is 3. The maximum atomic E-state index is 7.31. The van der Waals surface area contributed by atoms with Crippen LogP contribution in [0, 0.1) is 5.41 Å². The Morgan fingerprint density at radius 2 is 1.92 bits per heavy atom. The predicted molar refractivity (Wildman–Crippen MR) is 47.2 cm³/mol. The smallest absolute Gasteiger partial charge is 0.139 e. The molecule has 0 aromatic carbocycles.